The number of hydrogen-bond donors (Lipinski definition) is 2. The molecule has 8 heteroatoms. The van der Waals surface area contributed by atoms with Crippen LogP contribution >= 0.6 is 0 Å². The maximum atomic E-state index is 12.8. The van der Waals surface area contributed by atoms with E-state index in [1.807, 2.05) is 0 Å². The molecule has 1 aromatic heterocycles. The summed E-state index contributed by atoms with van der Waals surface area (Å²) < 4.78 is 43.4. The SMILES string of the molecule is Cc1[nH]nc2c1C(c1ccc(C(F)(F)F)cc1)C1=C(COC1=O)N2. The quantitative estimate of drug-likeness (QED) is 0.786. The van der Waals surface area contributed by atoms with Gasteiger partial charge in [-0.05, 0) is 24.6 Å². The summed E-state index contributed by atoms with van der Waals surface area (Å²) >= 11 is 0. The number of fused-ring (bicyclic) bond motifs is 1. The lowest BCUT2D eigenvalue weighted by Gasteiger charge is -2.24. The molecule has 0 spiro atoms. The molecule has 0 radical (unpaired) electrons. The van der Waals surface area contributed by atoms with E-state index in [2.05, 4.69) is 15.5 Å². The smallest absolute Gasteiger partial charge is 0.416 e. The molecule has 0 saturated heterocycles. The zero-order valence-corrected chi connectivity index (χ0v) is 12.5. The Labute approximate surface area is 134 Å². The third-order valence-corrected chi connectivity index (χ3v) is 4.31. The molecule has 1 atom stereocenters. The molecule has 2 aromatic rings. The summed E-state index contributed by atoms with van der Waals surface area (Å²) in [6.07, 6.45) is -4.40. The van der Waals surface area contributed by atoms with Crippen LogP contribution in [0.25, 0.3) is 0 Å². The number of hydrogen-bond acceptors (Lipinski definition) is 4. The summed E-state index contributed by atoms with van der Waals surface area (Å²) in [6, 6.07) is 4.83. The second kappa shape index (κ2) is 4.86. The van der Waals surface area contributed by atoms with Crippen molar-refractivity contribution in [3.05, 3.63) is 57.9 Å². The van der Waals surface area contributed by atoms with Gasteiger partial charge in [-0.25, -0.2) is 4.79 Å². The molecular formula is C16H12F3N3O2. The highest BCUT2D eigenvalue weighted by atomic mass is 19.4. The Morgan fingerprint density at radius 3 is 2.62 bits per heavy atom. The van der Waals surface area contributed by atoms with Gasteiger partial charge in [0.15, 0.2) is 5.82 Å². The molecule has 0 aliphatic carbocycles. The molecule has 0 fully saturated rings. The van der Waals surface area contributed by atoms with Gasteiger partial charge < -0.3 is 10.1 Å². The maximum Gasteiger partial charge on any atom is 0.416 e. The number of aromatic nitrogens is 2. The van der Waals surface area contributed by atoms with Crippen molar-refractivity contribution >= 4 is 11.8 Å². The minimum Gasteiger partial charge on any atom is -0.456 e. The van der Waals surface area contributed by atoms with Crippen molar-refractivity contribution in [1.29, 1.82) is 0 Å². The van der Waals surface area contributed by atoms with Gasteiger partial charge in [-0.3, -0.25) is 5.10 Å². The van der Waals surface area contributed by atoms with E-state index < -0.39 is 23.6 Å². The van der Waals surface area contributed by atoms with E-state index in [-0.39, 0.29) is 6.61 Å². The molecule has 0 bridgehead atoms. The highest BCUT2D eigenvalue weighted by molar-refractivity contribution is 5.97. The van der Waals surface area contributed by atoms with Crippen LogP contribution in [0.4, 0.5) is 19.0 Å². The van der Waals surface area contributed by atoms with Crippen molar-refractivity contribution in [3.8, 4) is 0 Å². The van der Waals surface area contributed by atoms with Crippen LogP contribution in [-0.2, 0) is 15.7 Å². The number of nitrogens with one attached hydrogen (secondary N) is 2. The molecular weight excluding hydrogens is 323 g/mol. The first-order valence-corrected chi connectivity index (χ1v) is 7.25. The Hall–Kier alpha value is -2.77. The fourth-order valence-corrected chi connectivity index (χ4v) is 3.18. The van der Waals surface area contributed by atoms with E-state index in [0.717, 1.165) is 23.4 Å². The van der Waals surface area contributed by atoms with Gasteiger partial charge in [-0.2, -0.15) is 18.3 Å². The number of anilines is 1. The van der Waals surface area contributed by atoms with Crippen LogP contribution in [0.2, 0.25) is 0 Å². The minimum atomic E-state index is -4.40. The number of benzene rings is 1. The average molecular weight is 335 g/mol. The largest absolute Gasteiger partial charge is 0.456 e. The van der Waals surface area contributed by atoms with E-state index >= 15 is 0 Å². The van der Waals surface area contributed by atoms with Crippen LogP contribution in [0.1, 0.15) is 28.3 Å². The first-order chi connectivity index (χ1) is 11.4. The highest BCUT2D eigenvalue weighted by Crippen LogP contribution is 2.45. The fourth-order valence-electron chi connectivity index (χ4n) is 3.18. The van der Waals surface area contributed by atoms with E-state index in [9.17, 15) is 18.0 Å². The minimum absolute atomic E-state index is 0.108. The molecule has 4 rings (SSSR count). The number of aromatic amines is 1. The number of H-pyrrole nitrogens is 1. The molecule has 0 saturated carbocycles. The molecule has 3 heterocycles. The molecule has 124 valence electrons. The van der Waals surface area contributed by atoms with Crippen molar-refractivity contribution in [1.82, 2.24) is 10.2 Å². The maximum absolute atomic E-state index is 12.8. The van der Waals surface area contributed by atoms with Gasteiger partial charge in [-0.1, -0.05) is 12.1 Å². The van der Waals surface area contributed by atoms with Crippen LogP contribution in [0.5, 0.6) is 0 Å². The van der Waals surface area contributed by atoms with Gasteiger partial charge >= 0.3 is 12.1 Å². The summed E-state index contributed by atoms with van der Waals surface area (Å²) in [7, 11) is 0. The number of halogens is 3. The van der Waals surface area contributed by atoms with Crippen molar-refractivity contribution in [2.24, 2.45) is 0 Å². The van der Waals surface area contributed by atoms with Gasteiger partial charge in [0.05, 0.1) is 16.8 Å². The lowest BCUT2D eigenvalue weighted by molar-refractivity contribution is -0.138. The predicted octanol–water partition coefficient (Wildman–Crippen LogP) is 3.11. The molecule has 1 unspecified atom stereocenters. The number of esters is 1. The molecule has 24 heavy (non-hydrogen) atoms. The monoisotopic (exact) mass is 335 g/mol. The summed E-state index contributed by atoms with van der Waals surface area (Å²) in [6.45, 7) is 1.91. The van der Waals surface area contributed by atoms with Crippen molar-refractivity contribution < 1.29 is 22.7 Å². The van der Waals surface area contributed by atoms with Crippen LogP contribution in [0.15, 0.2) is 35.5 Å². The summed E-state index contributed by atoms with van der Waals surface area (Å²) in [5, 5.41) is 10.1. The van der Waals surface area contributed by atoms with E-state index in [0.29, 0.717) is 22.7 Å². The zero-order valence-electron chi connectivity index (χ0n) is 12.5. The number of nitrogens with zero attached hydrogens (tertiary/aromatic N) is 1. The van der Waals surface area contributed by atoms with E-state index in [4.69, 9.17) is 4.74 Å². The number of carbonyl (C=O) groups excluding carboxylic acids is 1. The number of rotatable bonds is 1. The number of carbonyl (C=O) groups is 1. The number of ether oxygens (including phenoxy) is 1. The summed E-state index contributed by atoms with van der Waals surface area (Å²) in [5.74, 6) is -0.407. The first-order valence-electron chi connectivity index (χ1n) is 7.25. The van der Waals surface area contributed by atoms with E-state index in [1.165, 1.54) is 12.1 Å². The van der Waals surface area contributed by atoms with Crippen LogP contribution < -0.4 is 5.32 Å². The van der Waals surface area contributed by atoms with Crippen molar-refractivity contribution in [2.45, 2.75) is 19.0 Å². The predicted molar refractivity (Wildman–Crippen MR) is 78.2 cm³/mol. The number of cyclic esters (lactones) is 1. The molecule has 1 aromatic carbocycles. The Morgan fingerprint density at radius 2 is 1.96 bits per heavy atom. The second-order valence-corrected chi connectivity index (χ2v) is 5.76. The lowest BCUT2D eigenvalue weighted by Crippen LogP contribution is -2.20. The standard InChI is InChI=1S/C16H12F3N3O2/c1-7-11-12(8-2-4-9(5-3-8)16(17,18)19)13-10(6-24-15(13)23)20-14(11)22-21-7/h2-5,12H,6H2,1H3,(H2,20,21,22). The first kappa shape index (κ1) is 14.8. The Bertz CT molecular complexity index is 866. The van der Waals surface area contributed by atoms with Crippen LogP contribution in [0.3, 0.4) is 0 Å². The summed E-state index contributed by atoms with van der Waals surface area (Å²) in [5.41, 5.74) is 2.37. The average Bonchev–Trinajstić information content (AvgIpc) is 3.09. The lowest BCUT2D eigenvalue weighted by atomic mass is 9.82. The third kappa shape index (κ3) is 2.10. The van der Waals surface area contributed by atoms with Crippen LogP contribution in [0, 0.1) is 6.92 Å². The van der Waals surface area contributed by atoms with Crippen molar-refractivity contribution in [2.75, 3.05) is 11.9 Å². The fraction of sp³-hybridized carbons (Fsp3) is 0.250. The van der Waals surface area contributed by atoms with Gasteiger partial charge in [0.1, 0.15) is 6.61 Å². The molecule has 0 amide bonds. The molecule has 2 aliphatic rings. The number of aryl methyl sites for hydroxylation is 1. The molecule has 5 nitrogen and oxygen atoms in total. The topological polar surface area (TPSA) is 67.0 Å². The highest BCUT2D eigenvalue weighted by Gasteiger charge is 2.41. The Morgan fingerprint density at radius 1 is 1.25 bits per heavy atom. The van der Waals surface area contributed by atoms with Gasteiger partial charge in [0.2, 0.25) is 0 Å². The Balaban J connectivity index is 1.85. The van der Waals surface area contributed by atoms with Gasteiger partial charge in [0.25, 0.3) is 0 Å². The molecule has 2 N–H and O–H groups in total. The van der Waals surface area contributed by atoms with Gasteiger partial charge in [0, 0.05) is 17.2 Å². The van der Waals surface area contributed by atoms with Crippen LogP contribution in [-0.4, -0.2) is 22.8 Å². The second-order valence-electron chi connectivity index (χ2n) is 5.76. The van der Waals surface area contributed by atoms with Gasteiger partial charge in [-0.15, -0.1) is 0 Å². The normalized spacial score (nSPS) is 19.7. The molecule has 2 aliphatic heterocycles. The van der Waals surface area contributed by atoms with Crippen molar-refractivity contribution in [3.63, 3.8) is 0 Å². The number of alkyl halides is 3. The van der Waals surface area contributed by atoms with E-state index in [1.54, 1.807) is 6.92 Å². The summed E-state index contributed by atoms with van der Waals surface area (Å²) in [4.78, 5) is 12.1. The zero-order chi connectivity index (χ0) is 17.1. The Kier molecular flexibility index (Phi) is 3.00. The third-order valence-electron chi connectivity index (χ3n) is 4.31.